The molecule has 0 aromatic rings. The van der Waals surface area contributed by atoms with Gasteiger partial charge in [-0.25, -0.2) is 10.9 Å². The topological polar surface area (TPSA) is 76.0 Å². The summed E-state index contributed by atoms with van der Waals surface area (Å²) in [5.41, 5.74) is 0.984. The average molecular weight is 314 g/mol. The van der Waals surface area contributed by atoms with Crippen LogP contribution in [-0.4, -0.2) is 29.6 Å². The molecule has 0 aromatic heterocycles. The Bertz CT molecular complexity index is 363. The Labute approximate surface area is 124 Å². The molecule has 3 atom stereocenters. The summed E-state index contributed by atoms with van der Waals surface area (Å²) in [6, 6.07) is 0. The Kier molecular flexibility index (Phi) is 5.19. The Morgan fingerprint density at radius 1 is 1.65 bits per heavy atom. The molecule has 6 heteroatoms. The van der Waals surface area contributed by atoms with E-state index in [1.165, 1.54) is 13.4 Å². The van der Waals surface area contributed by atoms with Crippen molar-refractivity contribution in [3.05, 3.63) is 30.1 Å². The molecule has 1 radical (unpaired) electrons. The van der Waals surface area contributed by atoms with Gasteiger partial charge >= 0.3 is 5.97 Å². The standard InChI is InChI=1S/C11H13O5.Y/c1-15-10(13)8-5-16-11(14)9-6(4-12)2-3-7(8)9;/h2,4-5,7,9,11-12,14H,3H2,1H3;/q-1;. The third kappa shape index (κ3) is 2.57. The molecule has 2 aliphatic rings. The molecule has 0 aromatic carbocycles. The van der Waals surface area contributed by atoms with E-state index in [0.29, 0.717) is 17.6 Å². The number of methoxy groups -OCH3 is 1. The van der Waals surface area contributed by atoms with Gasteiger partial charge in [0.05, 0.1) is 18.9 Å². The molecule has 0 bridgehead atoms. The normalized spacial score (nSPS) is 30.2. The zero-order valence-corrected chi connectivity index (χ0v) is 12.2. The number of fused-ring (bicyclic) bond motifs is 1. The van der Waals surface area contributed by atoms with Gasteiger partial charge in [0, 0.05) is 38.6 Å². The molecule has 17 heavy (non-hydrogen) atoms. The minimum atomic E-state index is -1.03. The summed E-state index contributed by atoms with van der Waals surface area (Å²) in [5, 5.41) is 18.7. The minimum absolute atomic E-state index is 0. The van der Waals surface area contributed by atoms with Crippen molar-refractivity contribution in [3.63, 3.8) is 0 Å². The maximum absolute atomic E-state index is 11.5. The predicted octanol–water partition coefficient (Wildman–Crippen LogP) is 0.486. The van der Waals surface area contributed by atoms with Crippen LogP contribution in [0.4, 0.5) is 0 Å². The van der Waals surface area contributed by atoms with Crippen molar-refractivity contribution in [1.82, 2.24) is 0 Å². The van der Waals surface area contributed by atoms with Crippen LogP contribution in [0.5, 0.6) is 0 Å². The van der Waals surface area contributed by atoms with Gasteiger partial charge in [0.25, 0.3) is 0 Å². The molecule has 2 N–H and O–H groups in total. The van der Waals surface area contributed by atoms with Gasteiger partial charge in [0.2, 0.25) is 6.29 Å². The Morgan fingerprint density at radius 2 is 2.35 bits per heavy atom. The van der Waals surface area contributed by atoms with Gasteiger partial charge in [-0.2, -0.15) is 5.57 Å². The zero-order valence-electron chi connectivity index (χ0n) is 9.37. The van der Waals surface area contributed by atoms with E-state index in [1.807, 2.05) is 0 Å². The second-order valence-electron chi connectivity index (χ2n) is 3.79. The number of allylic oxidation sites excluding steroid dienone is 1. The van der Waals surface area contributed by atoms with Crippen LogP contribution in [-0.2, 0) is 47.0 Å². The van der Waals surface area contributed by atoms with Crippen LogP contribution in [0.15, 0.2) is 23.5 Å². The molecule has 1 heterocycles. The van der Waals surface area contributed by atoms with Crippen LogP contribution in [0.3, 0.4) is 0 Å². The van der Waals surface area contributed by atoms with E-state index in [0.717, 1.165) is 6.61 Å². The molecule has 0 spiro atoms. The van der Waals surface area contributed by atoms with Crippen molar-refractivity contribution in [2.24, 2.45) is 11.8 Å². The number of ether oxygens (including phenoxy) is 2. The molecule has 2 rings (SSSR count). The fourth-order valence-electron chi connectivity index (χ4n) is 2.23. The molecule has 3 unspecified atom stereocenters. The van der Waals surface area contributed by atoms with Crippen LogP contribution >= 0.6 is 0 Å². The third-order valence-electron chi connectivity index (χ3n) is 3.04. The number of aliphatic hydroxyl groups excluding tert-OH is 2. The molecule has 0 saturated heterocycles. The number of esters is 1. The first-order chi connectivity index (χ1) is 7.69. The van der Waals surface area contributed by atoms with Gasteiger partial charge < -0.3 is 19.7 Å². The van der Waals surface area contributed by atoms with Crippen molar-refractivity contribution < 1.29 is 57.2 Å². The molecule has 1 aliphatic heterocycles. The summed E-state index contributed by atoms with van der Waals surface area (Å²) in [6.07, 6.45) is 2.57. The minimum Gasteiger partial charge on any atom is -0.472 e. The first-order valence-electron chi connectivity index (χ1n) is 4.98. The number of hydrogen-bond acceptors (Lipinski definition) is 5. The summed E-state index contributed by atoms with van der Waals surface area (Å²) < 4.78 is 9.62. The van der Waals surface area contributed by atoms with Gasteiger partial charge in [-0.3, -0.25) is 0 Å². The predicted molar refractivity (Wildman–Crippen MR) is 53.1 cm³/mol. The van der Waals surface area contributed by atoms with Crippen LogP contribution < -0.4 is 0 Å². The maximum atomic E-state index is 11.5. The van der Waals surface area contributed by atoms with E-state index in [1.54, 1.807) is 6.08 Å². The largest absolute Gasteiger partial charge is 0.472 e. The molecule has 0 fully saturated rings. The number of aliphatic hydroxyl groups is 2. The smallest absolute Gasteiger partial charge is 0.337 e. The van der Waals surface area contributed by atoms with Crippen LogP contribution in [0.25, 0.3) is 0 Å². The SMILES string of the molecule is COC(=O)C1=COC(O)C2C([CH-]O)=CCC12.[Y]. The van der Waals surface area contributed by atoms with E-state index >= 15 is 0 Å². The number of hydrogen-bond donors (Lipinski definition) is 2. The quantitative estimate of drug-likeness (QED) is 0.573. The molecule has 5 nitrogen and oxygen atoms in total. The summed E-state index contributed by atoms with van der Waals surface area (Å²) in [5.74, 6) is -1.05. The fourth-order valence-corrected chi connectivity index (χ4v) is 2.23. The molecule has 1 aliphatic carbocycles. The van der Waals surface area contributed by atoms with E-state index in [2.05, 4.69) is 4.74 Å². The van der Waals surface area contributed by atoms with Gasteiger partial charge in [-0.1, -0.05) is 6.42 Å². The Morgan fingerprint density at radius 3 is 2.94 bits per heavy atom. The zero-order chi connectivity index (χ0) is 11.7. The van der Waals surface area contributed by atoms with Gasteiger partial charge in [-0.15, -0.1) is 6.61 Å². The third-order valence-corrected chi connectivity index (χ3v) is 3.04. The van der Waals surface area contributed by atoms with Crippen LogP contribution in [0, 0.1) is 18.4 Å². The molecule has 0 saturated carbocycles. The Balaban J connectivity index is 0.00000144. The molecule has 0 amide bonds. The van der Waals surface area contributed by atoms with E-state index < -0.39 is 18.2 Å². The van der Waals surface area contributed by atoms with Crippen molar-refractivity contribution >= 4 is 5.97 Å². The summed E-state index contributed by atoms with van der Waals surface area (Å²) in [4.78, 5) is 11.5. The van der Waals surface area contributed by atoms with Crippen molar-refractivity contribution in [2.45, 2.75) is 12.7 Å². The van der Waals surface area contributed by atoms with E-state index in [9.17, 15) is 9.90 Å². The Hall–Kier alpha value is -0.356. The van der Waals surface area contributed by atoms with Gasteiger partial charge in [-0.05, 0) is 5.92 Å². The number of carbonyl (C=O) groups excluding carboxylic acids is 1. The maximum Gasteiger partial charge on any atom is 0.337 e. The summed E-state index contributed by atoms with van der Waals surface area (Å²) in [7, 11) is 1.30. The van der Waals surface area contributed by atoms with Crippen LogP contribution in [0.2, 0.25) is 0 Å². The number of rotatable bonds is 2. The second-order valence-corrected chi connectivity index (χ2v) is 3.79. The van der Waals surface area contributed by atoms with Crippen molar-refractivity contribution in [2.75, 3.05) is 7.11 Å². The number of carbonyl (C=O) groups is 1. The average Bonchev–Trinajstić information content (AvgIpc) is 2.73. The molecular weight excluding hydrogens is 301 g/mol. The van der Waals surface area contributed by atoms with Gasteiger partial charge in [0.1, 0.15) is 0 Å². The van der Waals surface area contributed by atoms with E-state index in [-0.39, 0.29) is 38.6 Å². The van der Waals surface area contributed by atoms with Crippen molar-refractivity contribution in [3.8, 4) is 0 Å². The monoisotopic (exact) mass is 314 g/mol. The van der Waals surface area contributed by atoms with E-state index in [4.69, 9.17) is 9.84 Å². The van der Waals surface area contributed by atoms with Gasteiger partial charge in [0.15, 0.2) is 0 Å². The summed E-state index contributed by atoms with van der Waals surface area (Å²) in [6.45, 7) is 0.942. The first kappa shape index (κ1) is 14.7. The second kappa shape index (κ2) is 6.00. The summed E-state index contributed by atoms with van der Waals surface area (Å²) >= 11 is 0. The molecular formula is C11H13O5Y-. The molecule has 91 valence electrons. The van der Waals surface area contributed by atoms with Crippen molar-refractivity contribution in [1.29, 1.82) is 0 Å². The first-order valence-corrected chi connectivity index (χ1v) is 4.98. The fraction of sp³-hybridized carbons (Fsp3) is 0.455. The van der Waals surface area contributed by atoms with Crippen LogP contribution in [0.1, 0.15) is 6.42 Å².